The summed E-state index contributed by atoms with van der Waals surface area (Å²) in [6.07, 6.45) is -0.243. The molecule has 2 bridgehead atoms. The quantitative estimate of drug-likeness (QED) is 0.190. The Morgan fingerprint density at radius 2 is 1.20 bits per heavy atom. The highest BCUT2D eigenvalue weighted by atomic mass is 32.1. The Labute approximate surface area is 285 Å². The molecule has 9 aromatic rings. The van der Waals surface area contributed by atoms with Gasteiger partial charge in [-0.1, -0.05) is 115 Å². The lowest BCUT2D eigenvalue weighted by Crippen LogP contribution is -2.06. The van der Waals surface area contributed by atoms with Gasteiger partial charge in [-0.05, 0) is 46.3 Å². The molecule has 0 radical (unpaired) electrons. The number of furan rings is 1. The Balaban J connectivity index is 1.14. The van der Waals surface area contributed by atoms with Gasteiger partial charge < -0.3 is 9.15 Å². The zero-order valence-electron chi connectivity index (χ0n) is 26.0. The third-order valence-electron chi connectivity index (χ3n) is 9.87. The first-order valence-corrected chi connectivity index (χ1v) is 17.2. The molecule has 230 valence electrons. The molecule has 5 nitrogen and oxygen atoms in total. The number of benzene rings is 6. The molecule has 6 heteroatoms. The topological polar surface area (TPSA) is 61.0 Å². The predicted octanol–water partition coefficient (Wildman–Crippen LogP) is 11.2. The molecule has 11 rings (SSSR count). The van der Waals surface area contributed by atoms with Gasteiger partial charge in [-0.15, -0.1) is 11.3 Å². The molecule has 0 saturated carbocycles. The monoisotopic (exact) mass is 647 g/mol. The van der Waals surface area contributed by atoms with Crippen LogP contribution in [-0.4, -0.2) is 15.0 Å². The number of rotatable bonds is 4. The van der Waals surface area contributed by atoms with Crippen LogP contribution in [0.4, 0.5) is 0 Å². The first-order valence-electron chi connectivity index (χ1n) is 16.4. The molecular weight excluding hydrogens is 623 g/mol. The number of hydrogen-bond acceptors (Lipinski definition) is 6. The van der Waals surface area contributed by atoms with Crippen molar-refractivity contribution < 1.29 is 9.15 Å². The molecule has 5 heterocycles. The summed E-state index contributed by atoms with van der Waals surface area (Å²) in [6.45, 7) is 0. The van der Waals surface area contributed by atoms with E-state index in [4.69, 9.17) is 24.1 Å². The Hall–Kier alpha value is -5.95. The van der Waals surface area contributed by atoms with Gasteiger partial charge in [-0.25, -0.2) is 15.0 Å². The van der Waals surface area contributed by atoms with E-state index in [1.165, 1.54) is 26.1 Å². The van der Waals surface area contributed by atoms with Crippen LogP contribution in [0, 0.1) is 0 Å². The Kier molecular flexibility index (Phi) is 5.67. The summed E-state index contributed by atoms with van der Waals surface area (Å²) in [6, 6.07) is 48.1. The van der Waals surface area contributed by atoms with E-state index in [1.54, 1.807) is 0 Å². The Bertz CT molecular complexity index is 2770. The van der Waals surface area contributed by atoms with E-state index >= 15 is 0 Å². The molecule has 2 aliphatic heterocycles. The summed E-state index contributed by atoms with van der Waals surface area (Å²) in [4.78, 5) is 16.9. The summed E-state index contributed by atoms with van der Waals surface area (Å²) < 4.78 is 14.4. The fraction of sp³-hybridized carbons (Fsp3) is 0.0465. The molecule has 3 aromatic heterocycles. The van der Waals surface area contributed by atoms with Gasteiger partial charge in [0, 0.05) is 48.2 Å². The maximum absolute atomic E-state index is 6.72. The summed E-state index contributed by atoms with van der Waals surface area (Å²) in [5, 5.41) is 3.28. The lowest BCUT2D eigenvalue weighted by molar-refractivity contribution is 0.0873. The van der Waals surface area contributed by atoms with Crippen LogP contribution in [0.15, 0.2) is 144 Å². The third-order valence-corrected chi connectivity index (χ3v) is 11.1. The molecular formula is C43H25N3O2S. The lowest BCUT2D eigenvalue weighted by atomic mass is 9.86. The van der Waals surface area contributed by atoms with Crippen LogP contribution in [-0.2, 0) is 4.74 Å². The average Bonchev–Trinajstić information content (AvgIpc) is 3.94. The smallest absolute Gasteiger partial charge is 0.164 e. The maximum Gasteiger partial charge on any atom is 0.164 e. The molecule has 0 aliphatic carbocycles. The second kappa shape index (κ2) is 10.3. The Morgan fingerprint density at radius 1 is 0.490 bits per heavy atom. The van der Waals surface area contributed by atoms with E-state index in [9.17, 15) is 0 Å². The second-order valence-electron chi connectivity index (χ2n) is 12.6. The van der Waals surface area contributed by atoms with Crippen LogP contribution in [0.3, 0.4) is 0 Å². The van der Waals surface area contributed by atoms with Crippen molar-refractivity contribution in [3.63, 3.8) is 0 Å². The van der Waals surface area contributed by atoms with E-state index in [2.05, 4.69) is 91.0 Å². The number of hydrogen-bond donors (Lipinski definition) is 0. The molecule has 0 N–H and O–H groups in total. The number of aromatic nitrogens is 3. The number of thiophene rings is 1. The van der Waals surface area contributed by atoms with Crippen molar-refractivity contribution in [2.75, 3.05) is 0 Å². The zero-order chi connectivity index (χ0) is 32.1. The van der Waals surface area contributed by atoms with Crippen molar-refractivity contribution >= 4 is 43.4 Å². The molecule has 2 unspecified atom stereocenters. The molecule has 0 saturated heterocycles. The molecule has 0 fully saturated rings. The molecule has 6 aromatic carbocycles. The predicted molar refractivity (Wildman–Crippen MR) is 195 cm³/mol. The molecule has 2 atom stereocenters. The van der Waals surface area contributed by atoms with E-state index in [0.29, 0.717) is 17.5 Å². The van der Waals surface area contributed by atoms with Crippen LogP contribution >= 0.6 is 11.3 Å². The lowest BCUT2D eigenvalue weighted by Gasteiger charge is -2.17. The highest BCUT2D eigenvalue weighted by Crippen LogP contribution is 2.60. The van der Waals surface area contributed by atoms with Gasteiger partial charge >= 0.3 is 0 Å². The SMILES string of the molecule is c1ccc(-c2ccc3oc4cccc(-c5nc(-c6ccccc6)nc(-c6cccc7c6C6OC7c7sc8ccccc8c76)n5)c4c3c2)cc1. The van der Waals surface area contributed by atoms with Crippen molar-refractivity contribution in [2.24, 2.45) is 0 Å². The Morgan fingerprint density at radius 3 is 2.06 bits per heavy atom. The highest BCUT2D eigenvalue weighted by molar-refractivity contribution is 7.19. The van der Waals surface area contributed by atoms with Crippen molar-refractivity contribution in [2.45, 2.75) is 12.2 Å². The third kappa shape index (κ3) is 3.99. The van der Waals surface area contributed by atoms with Crippen molar-refractivity contribution in [3.05, 3.63) is 161 Å². The molecule has 2 aliphatic rings. The van der Waals surface area contributed by atoms with Gasteiger partial charge in [0.05, 0.1) is 0 Å². The van der Waals surface area contributed by atoms with Crippen molar-refractivity contribution in [1.29, 1.82) is 0 Å². The molecule has 0 amide bonds. The summed E-state index contributed by atoms with van der Waals surface area (Å²) >= 11 is 1.84. The normalized spacial score (nSPS) is 16.1. The fourth-order valence-electron chi connectivity index (χ4n) is 7.70. The van der Waals surface area contributed by atoms with Crippen molar-refractivity contribution in [1.82, 2.24) is 15.0 Å². The van der Waals surface area contributed by atoms with Gasteiger partial charge in [-0.2, -0.15) is 0 Å². The summed E-state index contributed by atoms with van der Waals surface area (Å²) in [5.74, 6) is 1.86. The van der Waals surface area contributed by atoms with Gasteiger partial charge in [0.1, 0.15) is 23.4 Å². The van der Waals surface area contributed by atoms with Crippen LogP contribution in [0.1, 0.15) is 33.8 Å². The second-order valence-corrected chi connectivity index (χ2v) is 13.7. The largest absolute Gasteiger partial charge is 0.456 e. The van der Waals surface area contributed by atoms with Crippen molar-refractivity contribution in [3.8, 4) is 45.3 Å². The number of nitrogens with zero attached hydrogens (tertiary/aromatic N) is 3. The van der Waals surface area contributed by atoms with Gasteiger partial charge in [0.15, 0.2) is 17.5 Å². The maximum atomic E-state index is 6.72. The molecule has 0 spiro atoms. The first kappa shape index (κ1) is 27.0. The van der Waals surface area contributed by atoms with Crippen LogP contribution in [0.2, 0.25) is 0 Å². The number of ether oxygens (including phenoxy) is 1. The van der Waals surface area contributed by atoms with Gasteiger partial charge in [0.2, 0.25) is 0 Å². The van der Waals surface area contributed by atoms with E-state index < -0.39 is 0 Å². The van der Waals surface area contributed by atoms with Crippen LogP contribution < -0.4 is 0 Å². The van der Waals surface area contributed by atoms with E-state index in [0.717, 1.165) is 55.3 Å². The highest BCUT2D eigenvalue weighted by Gasteiger charge is 2.46. The fourth-order valence-corrected chi connectivity index (χ4v) is 8.99. The van der Waals surface area contributed by atoms with E-state index in [1.807, 2.05) is 59.9 Å². The van der Waals surface area contributed by atoms with Gasteiger partial charge in [0.25, 0.3) is 0 Å². The summed E-state index contributed by atoms with van der Waals surface area (Å²) in [5.41, 5.74) is 10.3. The van der Waals surface area contributed by atoms with Gasteiger partial charge in [-0.3, -0.25) is 0 Å². The minimum Gasteiger partial charge on any atom is -0.456 e. The minimum absolute atomic E-state index is 0.0768. The summed E-state index contributed by atoms with van der Waals surface area (Å²) in [7, 11) is 0. The molecule has 49 heavy (non-hydrogen) atoms. The average molecular weight is 648 g/mol. The van der Waals surface area contributed by atoms with Crippen LogP contribution in [0.25, 0.3) is 77.3 Å². The number of fused-ring (bicyclic) bond motifs is 13. The first-order chi connectivity index (χ1) is 24.3. The van der Waals surface area contributed by atoms with E-state index in [-0.39, 0.29) is 12.2 Å². The van der Waals surface area contributed by atoms with Crippen LogP contribution in [0.5, 0.6) is 0 Å². The minimum atomic E-state index is -0.166. The standard InChI is InChI=1S/C43H25N3O2S/c1-3-11-24(12-4-1)26-21-22-32-31(23-26)35-29(18-10-19-33(35)47-32)42-44-41(25-13-5-2-6-14-25)45-43(46-42)30-17-9-16-28-36(30)39-37-27-15-7-8-20-34(27)49-40(37)38(28)48-39/h1-23,38-39H. The zero-order valence-corrected chi connectivity index (χ0v) is 26.8.